The highest BCUT2D eigenvalue weighted by atomic mass is 14.2. The van der Waals surface area contributed by atoms with Gasteiger partial charge in [-0.25, -0.2) is 0 Å². The van der Waals surface area contributed by atoms with E-state index in [1.807, 2.05) is 0 Å². The lowest BCUT2D eigenvalue weighted by atomic mass is 9.85. The van der Waals surface area contributed by atoms with Crippen LogP contribution in [0.2, 0.25) is 0 Å². The van der Waals surface area contributed by atoms with Gasteiger partial charge in [-0.05, 0) is 54.7 Å². The molecule has 0 bridgehead atoms. The number of hydrogen-bond acceptors (Lipinski definition) is 0. The van der Waals surface area contributed by atoms with Crippen LogP contribution in [0.1, 0.15) is 61.6 Å². The SMILES string of the molecule is C#CCC(CCC)c1ccc2c(c1)CCCC2. The molecule has 1 aromatic carbocycles. The van der Waals surface area contributed by atoms with Gasteiger partial charge in [0.25, 0.3) is 0 Å². The van der Waals surface area contributed by atoms with E-state index in [-0.39, 0.29) is 0 Å². The Hall–Kier alpha value is -1.22. The molecule has 1 aliphatic rings. The molecule has 90 valence electrons. The topological polar surface area (TPSA) is 0 Å². The van der Waals surface area contributed by atoms with E-state index in [9.17, 15) is 0 Å². The van der Waals surface area contributed by atoms with Gasteiger partial charge in [0, 0.05) is 6.42 Å². The molecule has 0 radical (unpaired) electrons. The minimum atomic E-state index is 0.567. The Morgan fingerprint density at radius 3 is 2.71 bits per heavy atom. The molecule has 1 unspecified atom stereocenters. The third-order valence-electron chi connectivity index (χ3n) is 3.85. The van der Waals surface area contributed by atoms with E-state index in [0.717, 1.165) is 6.42 Å². The van der Waals surface area contributed by atoms with E-state index in [1.165, 1.54) is 44.1 Å². The summed E-state index contributed by atoms with van der Waals surface area (Å²) in [6.45, 7) is 2.24. The molecule has 0 aromatic heterocycles. The molecule has 0 heterocycles. The fourth-order valence-electron chi connectivity index (χ4n) is 2.88. The van der Waals surface area contributed by atoms with Crippen LogP contribution in [0.25, 0.3) is 0 Å². The minimum Gasteiger partial charge on any atom is -0.120 e. The highest BCUT2D eigenvalue weighted by Crippen LogP contribution is 2.29. The number of fused-ring (bicyclic) bond motifs is 1. The molecule has 1 aliphatic carbocycles. The van der Waals surface area contributed by atoms with Crippen molar-refractivity contribution in [2.24, 2.45) is 0 Å². The van der Waals surface area contributed by atoms with Crippen LogP contribution in [-0.4, -0.2) is 0 Å². The lowest BCUT2D eigenvalue weighted by Crippen LogP contribution is -2.05. The van der Waals surface area contributed by atoms with E-state index in [1.54, 1.807) is 11.1 Å². The second kappa shape index (κ2) is 5.92. The van der Waals surface area contributed by atoms with Crippen molar-refractivity contribution < 1.29 is 0 Å². The Labute approximate surface area is 105 Å². The van der Waals surface area contributed by atoms with Crippen LogP contribution < -0.4 is 0 Å². The molecule has 0 aliphatic heterocycles. The van der Waals surface area contributed by atoms with Gasteiger partial charge in [-0.2, -0.15) is 0 Å². The summed E-state index contributed by atoms with van der Waals surface area (Å²) >= 11 is 0. The maximum Gasteiger partial charge on any atom is 0.0155 e. The van der Waals surface area contributed by atoms with Gasteiger partial charge in [0.05, 0.1) is 0 Å². The third kappa shape index (κ3) is 2.91. The number of rotatable bonds is 4. The summed E-state index contributed by atoms with van der Waals surface area (Å²) in [4.78, 5) is 0. The first kappa shape index (κ1) is 12.2. The first-order valence-corrected chi connectivity index (χ1v) is 6.90. The molecule has 0 saturated carbocycles. The number of terminal acetylenes is 1. The zero-order chi connectivity index (χ0) is 12.1. The molecule has 1 aromatic rings. The van der Waals surface area contributed by atoms with Gasteiger partial charge in [-0.3, -0.25) is 0 Å². The number of aryl methyl sites for hydroxylation is 2. The summed E-state index contributed by atoms with van der Waals surface area (Å²) in [6, 6.07) is 7.07. The third-order valence-corrected chi connectivity index (χ3v) is 3.85. The van der Waals surface area contributed by atoms with E-state index in [2.05, 4.69) is 31.0 Å². The summed E-state index contributed by atoms with van der Waals surface area (Å²) in [5, 5.41) is 0. The molecule has 0 fully saturated rings. The largest absolute Gasteiger partial charge is 0.120 e. The maximum atomic E-state index is 5.48. The van der Waals surface area contributed by atoms with Gasteiger partial charge < -0.3 is 0 Å². The van der Waals surface area contributed by atoms with Gasteiger partial charge in [0.15, 0.2) is 0 Å². The average molecular weight is 226 g/mol. The maximum absolute atomic E-state index is 5.48. The Balaban J connectivity index is 2.22. The second-order valence-electron chi connectivity index (χ2n) is 5.13. The summed E-state index contributed by atoms with van der Waals surface area (Å²) < 4.78 is 0. The number of benzene rings is 1. The smallest absolute Gasteiger partial charge is 0.0155 e. The molecule has 1 atom stereocenters. The van der Waals surface area contributed by atoms with Crippen LogP contribution in [-0.2, 0) is 12.8 Å². The monoisotopic (exact) mass is 226 g/mol. The van der Waals surface area contributed by atoms with E-state index >= 15 is 0 Å². The molecular weight excluding hydrogens is 204 g/mol. The molecule has 0 N–H and O–H groups in total. The van der Waals surface area contributed by atoms with Gasteiger partial charge in [0.2, 0.25) is 0 Å². The molecule has 0 spiro atoms. The van der Waals surface area contributed by atoms with Gasteiger partial charge in [-0.15, -0.1) is 12.3 Å². The zero-order valence-corrected chi connectivity index (χ0v) is 10.8. The van der Waals surface area contributed by atoms with Gasteiger partial charge >= 0.3 is 0 Å². The van der Waals surface area contributed by atoms with Crippen molar-refractivity contribution >= 4 is 0 Å². The molecule has 2 rings (SSSR count). The number of hydrogen-bond donors (Lipinski definition) is 0. The quantitative estimate of drug-likeness (QED) is 0.664. The molecule has 0 nitrogen and oxygen atoms in total. The highest BCUT2D eigenvalue weighted by Gasteiger charge is 2.14. The summed E-state index contributed by atoms with van der Waals surface area (Å²) in [5.41, 5.74) is 4.60. The van der Waals surface area contributed by atoms with Crippen molar-refractivity contribution in [2.75, 3.05) is 0 Å². The van der Waals surface area contributed by atoms with Crippen molar-refractivity contribution in [2.45, 2.75) is 57.8 Å². The van der Waals surface area contributed by atoms with Crippen molar-refractivity contribution in [3.05, 3.63) is 34.9 Å². The Morgan fingerprint density at radius 1 is 1.24 bits per heavy atom. The summed E-state index contributed by atoms with van der Waals surface area (Å²) in [6.07, 6.45) is 14.0. The first-order valence-electron chi connectivity index (χ1n) is 6.90. The predicted octanol–water partition coefficient (Wildman–Crippen LogP) is 4.47. The molecule has 17 heavy (non-hydrogen) atoms. The Morgan fingerprint density at radius 2 is 2.00 bits per heavy atom. The lowest BCUT2D eigenvalue weighted by molar-refractivity contribution is 0.623. The van der Waals surface area contributed by atoms with Gasteiger partial charge in [0.1, 0.15) is 0 Å². The van der Waals surface area contributed by atoms with Crippen LogP contribution >= 0.6 is 0 Å². The van der Waals surface area contributed by atoms with Crippen molar-refractivity contribution in [3.63, 3.8) is 0 Å². The van der Waals surface area contributed by atoms with Crippen LogP contribution in [0.4, 0.5) is 0 Å². The Kier molecular flexibility index (Phi) is 4.26. The van der Waals surface area contributed by atoms with E-state index in [0.29, 0.717) is 5.92 Å². The molecular formula is C17H22. The summed E-state index contributed by atoms with van der Waals surface area (Å²) in [7, 11) is 0. The lowest BCUT2D eigenvalue weighted by Gasteiger charge is -2.20. The standard InChI is InChI=1S/C17H22/c1-3-7-14(8-4-2)17-12-11-15-9-5-6-10-16(15)13-17/h1,11-14H,4-10H2,2H3. The predicted molar refractivity (Wildman–Crippen MR) is 74.2 cm³/mol. The van der Waals surface area contributed by atoms with Crippen molar-refractivity contribution in [1.29, 1.82) is 0 Å². The fraction of sp³-hybridized carbons (Fsp3) is 0.529. The highest BCUT2D eigenvalue weighted by molar-refractivity contribution is 5.35. The molecule has 0 amide bonds. The fourth-order valence-corrected chi connectivity index (χ4v) is 2.88. The summed E-state index contributed by atoms with van der Waals surface area (Å²) in [5.74, 6) is 3.40. The van der Waals surface area contributed by atoms with E-state index < -0.39 is 0 Å². The minimum absolute atomic E-state index is 0.567. The first-order chi connectivity index (χ1) is 8.35. The van der Waals surface area contributed by atoms with Crippen LogP contribution in [0, 0.1) is 12.3 Å². The van der Waals surface area contributed by atoms with E-state index in [4.69, 9.17) is 6.42 Å². The van der Waals surface area contributed by atoms with Crippen LogP contribution in [0.3, 0.4) is 0 Å². The van der Waals surface area contributed by atoms with Crippen molar-refractivity contribution in [3.8, 4) is 12.3 Å². The van der Waals surface area contributed by atoms with Gasteiger partial charge in [-0.1, -0.05) is 31.5 Å². The molecule has 0 heteroatoms. The van der Waals surface area contributed by atoms with Crippen LogP contribution in [0.15, 0.2) is 18.2 Å². The molecule has 0 saturated heterocycles. The second-order valence-corrected chi connectivity index (χ2v) is 5.13. The zero-order valence-electron chi connectivity index (χ0n) is 10.8. The van der Waals surface area contributed by atoms with Crippen molar-refractivity contribution in [1.82, 2.24) is 0 Å². The Bertz CT molecular complexity index is 409. The average Bonchev–Trinajstić information content (AvgIpc) is 2.38. The normalized spacial score (nSPS) is 16.0. The van der Waals surface area contributed by atoms with Crippen LogP contribution in [0.5, 0.6) is 0 Å².